The maximum atomic E-state index is 3.46. The van der Waals surface area contributed by atoms with Gasteiger partial charge in [-0.2, -0.15) is 0 Å². The summed E-state index contributed by atoms with van der Waals surface area (Å²) < 4.78 is 0. The van der Waals surface area contributed by atoms with Crippen molar-refractivity contribution in [2.45, 2.75) is 39.8 Å². The predicted molar refractivity (Wildman–Crippen MR) is 70.6 cm³/mol. The van der Waals surface area contributed by atoms with Gasteiger partial charge in [-0.25, -0.2) is 0 Å². The van der Waals surface area contributed by atoms with E-state index in [1.54, 1.807) is 0 Å². The van der Waals surface area contributed by atoms with Gasteiger partial charge in [0.15, 0.2) is 0 Å². The van der Waals surface area contributed by atoms with E-state index >= 15 is 0 Å². The van der Waals surface area contributed by atoms with Gasteiger partial charge in [-0.05, 0) is 33.3 Å². The van der Waals surface area contributed by atoms with Crippen molar-refractivity contribution in [3.05, 3.63) is 35.4 Å². The Morgan fingerprint density at radius 1 is 1.12 bits per heavy atom. The molecule has 0 unspecified atom stereocenters. The molecule has 90 valence electrons. The summed E-state index contributed by atoms with van der Waals surface area (Å²) in [6.45, 7) is 11.7. The Hall–Kier alpha value is -0.860. The van der Waals surface area contributed by atoms with Crippen LogP contribution in [0.5, 0.6) is 0 Å². The summed E-state index contributed by atoms with van der Waals surface area (Å²) in [5.74, 6) is 0. The molecule has 0 amide bonds. The molecule has 0 radical (unpaired) electrons. The van der Waals surface area contributed by atoms with Crippen LogP contribution in [-0.4, -0.2) is 18.6 Å². The Morgan fingerprint density at radius 3 is 2.50 bits per heavy atom. The number of hydrogen-bond donors (Lipinski definition) is 2. The molecule has 0 aliphatic carbocycles. The van der Waals surface area contributed by atoms with Crippen molar-refractivity contribution in [3.63, 3.8) is 0 Å². The molecular formula is C14H24N2. The van der Waals surface area contributed by atoms with Crippen LogP contribution in [0, 0.1) is 6.92 Å². The maximum absolute atomic E-state index is 3.46. The smallest absolute Gasteiger partial charge is 0.0206 e. The SMILES string of the molecule is Cc1cccc(CNCCNC(C)(C)C)c1. The Kier molecular flexibility index (Phi) is 4.97. The van der Waals surface area contributed by atoms with Crippen molar-refractivity contribution in [1.29, 1.82) is 0 Å². The molecule has 1 aromatic carbocycles. The molecule has 0 bridgehead atoms. The fourth-order valence-electron chi connectivity index (χ4n) is 1.58. The minimum absolute atomic E-state index is 0.213. The molecule has 0 fully saturated rings. The molecule has 2 N–H and O–H groups in total. The zero-order valence-electron chi connectivity index (χ0n) is 10.9. The molecule has 2 nitrogen and oxygen atoms in total. The normalized spacial score (nSPS) is 11.8. The van der Waals surface area contributed by atoms with Crippen LogP contribution in [0.2, 0.25) is 0 Å². The van der Waals surface area contributed by atoms with E-state index in [-0.39, 0.29) is 5.54 Å². The molecule has 0 aliphatic heterocycles. The predicted octanol–water partition coefficient (Wildman–Crippen LogP) is 2.47. The highest BCUT2D eigenvalue weighted by Gasteiger charge is 2.06. The van der Waals surface area contributed by atoms with E-state index in [0.29, 0.717) is 0 Å². The lowest BCUT2D eigenvalue weighted by atomic mass is 10.1. The van der Waals surface area contributed by atoms with Gasteiger partial charge < -0.3 is 10.6 Å². The molecule has 1 aromatic rings. The summed E-state index contributed by atoms with van der Waals surface area (Å²) in [4.78, 5) is 0. The first kappa shape index (κ1) is 13.2. The van der Waals surface area contributed by atoms with Gasteiger partial charge in [0.2, 0.25) is 0 Å². The van der Waals surface area contributed by atoms with E-state index in [1.165, 1.54) is 11.1 Å². The topological polar surface area (TPSA) is 24.1 Å². The van der Waals surface area contributed by atoms with Gasteiger partial charge in [0.05, 0.1) is 0 Å². The van der Waals surface area contributed by atoms with Crippen LogP contribution in [0.1, 0.15) is 31.9 Å². The van der Waals surface area contributed by atoms with Gasteiger partial charge in [0.1, 0.15) is 0 Å². The summed E-state index contributed by atoms with van der Waals surface area (Å²) >= 11 is 0. The lowest BCUT2D eigenvalue weighted by Gasteiger charge is -2.20. The van der Waals surface area contributed by atoms with Crippen molar-refractivity contribution in [1.82, 2.24) is 10.6 Å². The standard InChI is InChI=1S/C14H24N2/c1-12-6-5-7-13(10-12)11-15-8-9-16-14(2,3)4/h5-7,10,15-16H,8-9,11H2,1-4H3. The van der Waals surface area contributed by atoms with Gasteiger partial charge in [-0.3, -0.25) is 0 Å². The van der Waals surface area contributed by atoms with E-state index in [1.807, 2.05) is 0 Å². The van der Waals surface area contributed by atoms with Crippen LogP contribution in [-0.2, 0) is 6.54 Å². The monoisotopic (exact) mass is 220 g/mol. The molecule has 0 aromatic heterocycles. The second kappa shape index (κ2) is 6.02. The Labute approximate surface area is 99.5 Å². The van der Waals surface area contributed by atoms with Crippen molar-refractivity contribution in [3.8, 4) is 0 Å². The lowest BCUT2D eigenvalue weighted by molar-refractivity contribution is 0.421. The number of aryl methyl sites for hydroxylation is 1. The van der Waals surface area contributed by atoms with Crippen LogP contribution in [0.3, 0.4) is 0 Å². The number of rotatable bonds is 5. The van der Waals surface area contributed by atoms with Crippen molar-refractivity contribution < 1.29 is 0 Å². The highest BCUT2D eigenvalue weighted by atomic mass is 15.0. The van der Waals surface area contributed by atoms with Gasteiger partial charge >= 0.3 is 0 Å². The third-order valence-electron chi connectivity index (χ3n) is 2.37. The first-order chi connectivity index (χ1) is 7.47. The molecule has 0 saturated heterocycles. The Morgan fingerprint density at radius 2 is 1.88 bits per heavy atom. The molecule has 1 rings (SSSR count). The highest BCUT2D eigenvalue weighted by Crippen LogP contribution is 2.03. The first-order valence-electron chi connectivity index (χ1n) is 5.99. The molecule has 2 heteroatoms. The third-order valence-corrected chi connectivity index (χ3v) is 2.37. The van der Waals surface area contributed by atoms with E-state index < -0.39 is 0 Å². The second-order valence-corrected chi connectivity index (χ2v) is 5.34. The summed E-state index contributed by atoms with van der Waals surface area (Å²) in [6.07, 6.45) is 0. The highest BCUT2D eigenvalue weighted by molar-refractivity contribution is 5.21. The van der Waals surface area contributed by atoms with Crippen LogP contribution in [0.15, 0.2) is 24.3 Å². The quantitative estimate of drug-likeness (QED) is 0.745. The molecule has 16 heavy (non-hydrogen) atoms. The van der Waals surface area contributed by atoms with Crippen LogP contribution in [0.4, 0.5) is 0 Å². The fraction of sp³-hybridized carbons (Fsp3) is 0.571. The van der Waals surface area contributed by atoms with Gasteiger partial charge in [-0.1, -0.05) is 29.8 Å². The van der Waals surface area contributed by atoms with E-state index in [0.717, 1.165) is 19.6 Å². The van der Waals surface area contributed by atoms with Crippen molar-refractivity contribution in [2.24, 2.45) is 0 Å². The van der Waals surface area contributed by atoms with E-state index in [4.69, 9.17) is 0 Å². The van der Waals surface area contributed by atoms with E-state index in [9.17, 15) is 0 Å². The zero-order chi connectivity index (χ0) is 12.0. The molecule has 0 spiro atoms. The first-order valence-corrected chi connectivity index (χ1v) is 5.99. The number of nitrogens with one attached hydrogen (secondary N) is 2. The van der Waals surface area contributed by atoms with Gasteiger partial charge in [0.25, 0.3) is 0 Å². The minimum Gasteiger partial charge on any atom is -0.311 e. The Balaban J connectivity index is 2.17. The van der Waals surface area contributed by atoms with Crippen LogP contribution in [0.25, 0.3) is 0 Å². The zero-order valence-corrected chi connectivity index (χ0v) is 10.9. The molecule has 0 atom stereocenters. The van der Waals surface area contributed by atoms with E-state index in [2.05, 4.69) is 62.6 Å². The van der Waals surface area contributed by atoms with Crippen LogP contribution >= 0.6 is 0 Å². The average molecular weight is 220 g/mol. The third kappa shape index (κ3) is 5.89. The number of hydrogen-bond acceptors (Lipinski definition) is 2. The fourth-order valence-corrected chi connectivity index (χ4v) is 1.58. The molecule has 0 aliphatic rings. The van der Waals surface area contributed by atoms with Crippen LogP contribution < -0.4 is 10.6 Å². The summed E-state index contributed by atoms with van der Waals surface area (Å²) in [7, 11) is 0. The lowest BCUT2D eigenvalue weighted by Crippen LogP contribution is -2.40. The minimum atomic E-state index is 0.213. The van der Waals surface area contributed by atoms with Gasteiger partial charge in [0, 0.05) is 25.2 Å². The summed E-state index contributed by atoms with van der Waals surface area (Å²) in [5, 5.41) is 6.90. The Bertz CT molecular complexity index is 313. The van der Waals surface area contributed by atoms with Crippen molar-refractivity contribution in [2.75, 3.05) is 13.1 Å². The average Bonchev–Trinajstić information content (AvgIpc) is 2.15. The van der Waals surface area contributed by atoms with Gasteiger partial charge in [-0.15, -0.1) is 0 Å². The molecule has 0 heterocycles. The second-order valence-electron chi connectivity index (χ2n) is 5.34. The summed E-state index contributed by atoms with van der Waals surface area (Å²) in [5.41, 5.74) is 2.90. The number of benzene rings is 1. The maximum Gasteiger partial charge on any atom is 0.0206 e. The largest absolute Gasteiger partial charge is 0.311 e. The molecule has 0 saturated carbocycles. The molecular weight excluding hydrogens is 196 g/mol. The van der Waals surface area contributed by atoms with Crippen molar-refractivity contribution >= 4 is 0 Å². The summed E-state index contributed by atoms with van der Waals surface area (Å²) in [6, 6.07) is 8.63.